The minimum absolute atomic E-state index is 0.268. The second-order valence-corrected chi connectivity index (χ2v) is 5.85. The average Bonchev–Trinajstić information content (AvgIpc) is 2.95. The summed E-state index contributed by atoms with van der Waals surface area (Å²) in [7, 11) is 1.60. The summed E-state index contributed by atoms with van der Waals surface area (Å²) in [5.41, 5.74) is 2.65. The van der Waals surface area contributed by atoms with E-state index in [4.69, 9.17) is 16.3 Å². The number of amides is 1. The molecule has 0 aliphatic heterocycles. The Hall–Kier alpha value is -2.79. The number of benzene rings is 2. The Kier molecular flexibility index (Phi) is 5.05. The number of para-hydroxylation sites is 2. The van der Waals surface area contributed by atoms with Gasteiger partial charge in [0.25, 0.3) is 5.91 Å². The summed E-state index contributed by atoms with van der Waals surface area (Å²) in [6.45, 7) is 2.11. The van der Waals surface area contributed by atoms with Gasteiger partial charge in [-0.25, -0.2) is 4.68 Å². The molecule has 25 heavy (non-hydrogen) atoms. The third-order valence-electron chi connectivity index (χ3n) is 3.86. The van der Waals surface area contributed by atoms with Crippen LogP contribution in [0.25, 0.3) is 5.69 Å². The molecule has 5 nitrogen and oxygen atoms in total. The number of halogens is 1. The lowest BCUT2D eigenvalue weighted by Gasteiger charge is -2.09. The molecular weight excluding hydrogens is 338 g/mol. The third-order valence-corrected chi connectivity index (χ3v) is 4.21. The third kappa shape index (κ3) is 3.51. The lowest BCUT2D eigenvalue weighted by molar-refractivity contribution is 0.0950. The number of ether oxygens (including phenoxy) is 1. The summed E-state index contributed by atoms with van der Waals surface area (Å²) in [5.74, 6) is 0.459. The van der Waals surface area contributed by atoms with Crippen molar-refractivity contribution in [1.29, 1.82) is 0 Å². The van der Waals surface area contributed by atoms with Crippen LogP contribution in [0.3, 0.4) is 0 Å². The maximum atomic E-state index is 12.6. The molecule has 0 unspecified atom stereocenters. The van der Waals surface area contributed by atoms with Crippen molar-refractivity contribution in [3.8, 4) is 11.4 Å². The van der Waals surface area contributed by atoms with Gasteiger partial charge in [0.2, 0.25) is 0 Å². The summed E-state index contributed by atoms with van der Waals surface area (Å²) in [5, 5.41) is 7.56. The fraction of sp³-hybridized carbons (Fsp3) is 0.158. The topological polar surface area (TPSA) is 56.1 Å². The van der Waals surface area contributed by atoms with Crippen molar-refractivity contribution < 1.29 is 9.53 Å². The Morgan fingerprint density at radius 2 is 1.84 bits per heavy atom. The zero-order chi connectivity index (χ0) is 17.8. The van der Waals surface area contributed by atoms with Gasteiger partial charge in [0, 0.05) is 12.1 Å². The number of hydrogen-bond donors (Lipinski definition) is 1. The minimum atomic E-state index is -0.268. The van der Waals surface area contributed by atoms with Crippen molar-refractivity contribution >= 4 is 17.5 Å². The molecule has 0 aliphatic rings. The van der Waals surface area contributed by atoms with Gasteiger partial charge in [-0.3, -0.25) is 4.79 Å². The van der Waals surface area contributed by atoms with Gasteiger partial charge in [0.1, 0.15) is 10.9 Å². The smallest absolute Gasteiger partial charge is 0.256 e. The standard InChI is InChI=1S/C19H18ClN3O2/c1-13-17(18(20)23(22-13)15-9-4-3-5-10-15)19(24)21-12-14-8-6-7-11-16(14)25-2/h3-11H,12H2,1-2H3,(H,21,24). The Balaban J connectivity index is 1.82. The summed E-state index contributed by atoms with van der Waals surface area (Å²) in [6, 6.07) is 17.0. The predicted octanol–water partition coefficient (Wildman–Crippen LogP) is 3.77. The first-order valence-electron chi connectivity index (χ1n) is 7.82. The molecule has 0 spiro atoms. The molecule has 0 fully saturated rings. The second-order valence-electron chi connectivity index (χ2n) is 5.49. The molecule has 1 amide bonds. The molecule has 128 valence electrons. The van der Waals surface area contributed by atoms with Crippen LogP contribution in [0.2, 0.25) is 5.15 Å². The zero-order valence-electron chi connectivity index (χ0n) is 14.0. The molecule has 0 bridgehead atoms. The molecule has 6 heteroatoms. The first kappa shape index (κ1) is 17.0. The molecule has 1 N–H and O–H groups in total. The van der Waals surface area contributed by atoms with E-state index in [-0.39, 0.29) is 5.91 Å². The van der Waals surface area contributed by atoms with Crippen LogP contribution in [0.5, 0.6) is 5.75 Å². The number of hydrogen-bond acceptors (Lipinski definition) is 3. The molecular formula is C19H18ClN3O2. The highest BCUT2D eigenvalue weighted by molar-refractivity contribution is 6.33. The lowest BCUT2D eigenvalue weighted by atomic mass is 10.2. The number of nitrogens with one attached hydrogen (secondary N) is 1. The van der Waals surface area contributed by atoms with E-state index in [0.29, 0.717) is 23.0 Å². The summed E-state index contributed by atoms with van der Waals surface area (Å²) in [6.07, 6.45) is 0. The minimum Gasteiger partial charge on any atom is -0.496 e. The van der Waals surface area contributed by atoms with Gasteiger partial charge in [0.05, 0.1) is 24.1 Å². The molecule has 0 saturated carbocycles. The maximum absolute atomic E-state index is 12.6. The van der Waals surface area contributed by atoms with Crippen molar-refractivity contribution in [1.82, 2.24) is 15.1 Å². The van der Waals surface area contributed by atoms with Gasteiger partial charge < -0.3 is 10.1 Å². The van der Waals surface area contributed by atoms with Crippen LogP contribution in [0.4, 0.5) is 0 Å². The Bertz CT molecular complexity index is 891. The molecule has 0 radical (unpaired) electrons. The van der Waals surface area contributed by atoms with Crippen LogP contribution in [0, 0.1) is 6.92 Å². The van der Waals surface area contributed by atoms with E-state index in [0.717, 1.165) is 17.0 Å². The van der Waals surface area contributed by atoms with Crippen LogP contribution >= 0.6 is 11.6 Å². The highest BCUT2D eigenvalue weighted by Crippen LogP contribution is 2.24. The van der Waals surface area contributed by atoms with Crippen LogP contribution in [0.1, 0.15) is 21.6 Å². The molecule has 3 aromatic rings. The van der Waals surface area contributed by atoms with Crippen molar-refractivity contribution in [2.24, 2.45) is 0 Å². The number of methoxy groups -OCH3 is 1. The van der Waals surface area contributed by atoms with Gasteiger partial charge in [-0.05, 0) is 25.1 Å². The van der Waals surface area contributed by atoms with Gasteiger partial charge in [-0.1, -0.05) is 48.0 Å². The largest absolute Gasteiger partial charge is 0.496 e. The van der Waals surface area contributed by atoms with Crippen LogP contribution in [0.15, 0.2) is 54.6 Å². The predicted molar refractivity (Wildman–Crippen MR) is 97.5 cm³/mol. The number of rotatable bonds is 5. The average molecular weight is 356 g/mol. The van der Waals surface area contributed by atoms with Crippen molar-refractivity contribution in [2.75, 3.05) is 7.11 Å². The Morgan fingerprint density at radius 1 is 1.16 bits per heavy atom. The van der Waals surface area contributed by atoms with Crippen molar-refractivity contribution in [3.05, 3.63) is 76.6 Å². The summed E-state index contributed by atoms with van der Waals surface area (Å²) < 4.78 is 6.86. The SMILES string of the molecule is COc1ccccc1CNC(=O)c1c(C)nn(-c2ccccc2)c1Cl. The number of aryl methyl sites for hydroxylation is 1. The van der Waals surface area contributed by atoms with Gasteiger partial charge in [0.15, 0.2) is 0 Å². The summed E-state index contributed by atoms with van der Waals surface area (Å²) >= 11 is 6.41. The monoisotopic (exact) mass is 355 g/mol. The second kappa shape index (κ2) is 7.40. The Labute approximate surface area is 151 Å². The number of aromatic nitrogens is 2. The molecule has 0 atom stereocenters. The van der Waals surface area contributed by atoms with Crippen LogP contribution in [-0.2, 0) is 6.54 Å². The van der Waals surface area contributed by atoms with E-state index in [2.05, 4.69) is 10.4 Å². The quantitative estimate of drug-likeness (QED) is 0.758. The Morgan fingerprint density at radius 3 is 2.56 bits per heavy atom. The van der Waals surface area contributed by atoms with Gasteiger partial charge in [-0.2, -0.15) is 5.10 Å². The van der Waals surface area contributed by atoms with Crippen molar-refractivity contribution in [3.63, 3.8) is 0 Å². The van der Waals surface area contributed by atoms with E-state index in [1.807, 2.05) is 54.6 Å². The molecule has 1 aromatic heterocycles. The number of nitrogens with zero attached hydrogens (tertiary/aromatic N) is 2. The molecule has 0 aliphatic carbocycles. The summed E-state index contributed by atoms with van der Waals surface area (Å²) in [4.78, 5) is 12.6. The van der Waals surface area contributed by atoms with E-state index in [1.54, 1.807) is 18.7 Å². The lowest BCUT2D eigenvalue weighted by Crippen LogP contribution is -2.23. The normalized spacial score (nSPS) is 10.5. The fourth-order valence-electron chi connectivity index (χ4n) is 2.61. The first-order valence-corrected chi connectivity index (χ1v) is 8.20. The van der Waals surface area contributed by atoms with Gasteiger partial charge >= 0.3 is 0 Å². The van der Waals surface area contributed by atoms with Crippen LogP contribution < -0.4 is 10.1 Å². The zero-order valence-corrected chi connectivity index (χ0v) is 14.7. The first-order chi connectivity index (χ1) is 12.1. The molecule has 3 rings (SSSR count). The van der Waals surface area contributed by atoms with Crippen molar-refractivity contribution in [2.45, 2.75) is 13.5 Å². The maximum Gasteiger partial charge on any atom is 0.256 e. The number of carbonyl (C=O) groups excluding carboxylic acids is 1. The molecule has 1 heterocycles. The number of carbonyl (C=O) groups is 1. The highest BCUT2D eigenvalue weighted by Gasteiger charge is 2.21. The molecule has 0 saturated heterocycles. The van der Waals surface area contributed by atoms with E-state index < -0.39 is 0 Å². The highest BCUT2D eigenvalue weighted by atomic mass is 35.5. The van der Waals surface area contributed by atoms with Crippen LogP contribution in [-0.4, -0.2) is 22.8 Å². The van der Waals surface area contributed by atoms with Gasteiger partial charge in [-0.15, -0.1) is 0 Å². The fourth-order valence-corrected chi connectivity index (χ4v) is 2.97. The van der Waals surface area contributed by atoms with E-state index in [9.17, 15) is 4.79 Å². The van der Waals surface area contributed by atoms with E-state index in [1.165, 1.54) is 0 Å². The molecule has 2 aromatic carbocycles. The van der Waals surface area contributed by atoms with E-state index >= 15 is 0 Å².